The summed E-state index contributed by atoms with van der Waals surface area (Å²) in [5.74, 6) is 1.63. The molecule has 1 heterocycles. The molecule has 0 aliphatic carbocycles. The highest BCUT2D eigenvalue weighted by Crippen LogP contribution is 2.41. The fourth-order valence-corrected chi connectivity index (χ4v) is 2.17. The van der Waals surface area contributed by atoms with Crippen LogP contribution in [-0.2, 0) is 6.42 Å². The van der Waals surface area contributed by atoms with E-state index in [2.05, 4.69) is 15.9 Å². The van der Waals surface area contributed by atoms with Crippen LogP contribution in [0.1, 0.15) is 17.5 Å². The van der Waals surface area contributed by atoms with Gasteiger partial charge in [0.15, 0.2) is 11.5 Å². The van der Waals surface area contributed by atoms with Gasteiger partial charge in [-0.15, -0.1) is 0 Å². The average Bonchev–Trinajstić information content (AvgIpc) is 2.66. The molecule has 0 atom stereocenters. The predicted octanol–water partition coefficient (Wildman–Crippen LogP) is 2.41. The maximum atomic E-state index is 8.85. The first-order valence-corrected chi connectivity index (χ1v) is 5.71. The Morgan fingerprint density at radius 1 is 1.47 bits per heavy atom. The van der Waals surface area contributed by atoms with E-state index in [0.29, 0.717) is 0 Å². The molecule has 0 amide bonds. The molecule has 0 radical (unpaired) electrons. The molecular weight excluding hydrogens is 260 g/mol. The minimum Gasteiger partial charge on any atom is -0.454 e. The summed E-state index contributed by atoms with van der Waals surface area (Å²) in [7, 11) is 0. The molecule has 1 N–H and O–H groups in total. The van der Waals surface area contributed by atoms with Crippen LogP contribution in [0.25, 0.3) is 0 Å². The zero-order valence-corrected chi connectivity index (χ0v) is 10.1. The number of fused-ring (bicyclic) bond motifs is 1. The summed E-state index contributed by atoms with van der Waals surface area (Å²) in [5.41, 5.74) is 2.29. The molecule has 0 bridgehead atoms. The van der Waals surface area contributed by atoms with Crippen LogP contribution < -0.4 is 9.47 Å². The number of rotatable bonds is 3. The molecule has 4 heteroatoms. The van der Waals surface area contributed by atoms with E-state index in [0.717, 1.165) is 39.9 Å². The van der Waals surface area contributed by atoms with E-state index in [-0.39, 0.29) is 13.4 Å². The molecule has 15 heavy (non-hydrogen) atoms. The van der Waals surface area contributed by atoms with Crippen molar-refractivity contribution in [2.24, 2.45) is 0 Å². The van der Waals surface area contributed by atoms with Gasteiger partial charge in [0.25, 0.3) is 0 Å². The lowest BCUT2D eigenvalue weighted by molar-refractivity contribution is 0.173. The summed E-state index contributed by atoms with van der Waals surface area (Å²) in [6, 6.07) is 1.93. The van der Waals surface area contributed by atoms with Gasteiger partial charge in [-0.05, 0) is 31.4 Å². The van der Waals surface area contributed by atoms with Crippen LogP contribution in [0.3, 0.4) is 0 Å². The zero-order chi connectivity index (χ0) is 10.8. The second kappa shape index (κ2) is 4.41. The van der Waals surface area contributed by atoms with Gasteiger partial charge in [-0.25, -0.2) is 0 Å². The Balaban J connectivity index is 2.41. The number of hydrogen-bond acceptors (Lipinski definition) is 3. The maximum absolute atomic E-state index is 8.85. The topological polar surface area (TPSA) is 38.7 Å². The fourth-order valence-electron chi connectivity index (χ4n) is 1.73. The summed E-state index contributed by atoms with van der Waals surface area (Å²) in [6.07, 6.45) is 1.56. The minimum atomic E-state index is 0.196. The predicted molar refractivity (Wildman–Crippen MR) is 60.4 cm³/mol. The number of aliphatic hydroxyl groups is 1. The number of hydrogen-bond donors (Lipinski definition) is 1. The van der Waals surface area contributed by atoms with E-state index in [4.69, 9.17) is 14.6 Å². The quantitative estimate of drug-likeness (QED) is 0.919. The summed E-state index contributed by atoms with van der Waals surface area (Å²) in [5, 5.41) is 8.85. The van der Waals surface area contributed by atoms with Gasteiger partial charge in [0.1, 0.15) is 0 Å². The molecule has 82 valence electrons. The van der Waals surface area contributed by atoms with E-state index >= 15 is 0 Å². The molecule has 0 fully saturated rings. The van der Waals surface area contributed by atoms with E-state index in [9.17, 15) is 0 Å². The Morgan fingerprint density at radius 3 is 3.00 bits per heavy atom. The number of aliphatic hydroxyl groups excluding tert-OH is 1. The molecule has 3 nitrogen and oxygen atoms in total. The highest BCUT2D eigenvalue weighted by Gasteiger charge is 2.21. The van der Waals surface area contributed by atoms with Crippen molar-refractivity contribution >= 4 is 15.9 Å². The molecule has 2 rings (SSSR count). The van der Waals surface area contributed by atoms with Crippen LogP contribution in [0, 0.1) is 6.92 Å². The van der Waals surface area contributed by atoms with E-state index in [1.165, 1.54) is 0 Å². The molecule has 0 saturated heterocycles. The van der Waals surface area contributed by atoms with Crippen LogP contribution in [-0.4, -0.2) is 18.5 Å². The largest absolute Gasteiger partial charge is 0.454 e. The molecule has 1 aromatic carbocycles. The third-order valence-corrected chi connectivity index (χ3v) is 3.39. The smallest absolute Gasteiger partial charge is 0.231 e. The second-order valence-electron chi connectivity index (χ2n) is 3.52. The molecule has 1 aromatic rings. The third kappa shape index (κ3) is 1.96. The highest BCUT2D eigenvalue weighted by molar-refractivity contribution is 9.10. The Labute approximate surface area is 97.1 Å². The molecule has 1 aliphatic heterocycles. The summed E-state index contributed by atoms with van der Waals surface area (Å²) in [4.78, 5) is 0. The Kier molecular flexibility index (Phi) is 3.17. The summed E-state index contributed by atoms with van der Waals surface area (Å²) >= 11 is 3.49. The lowest BCUT2D eigenvalue weighted by atomic mass is 10.0. The standard InChI is InChI=1S/C11H13BrO3/c1-7-8(3-2-4-13)11-10(5-9(7)12)14-6-15-11/h5,13H,2-4,6H2,1H3. The monoisotopic (exact) mass is 272 g/mol. The van der Waals surface area contributed by atoms with E-state index in [1.807, 2.05) is 13.0 Å². The van der Waals surface area contributed by atoms with Crippen LogP contribution in [0.5, 0.6) is 11.5 Å². The van der Waals surface area contributed by atoms with Gasteiger partial charge in [0.2, 0.25) is 6.79 Å². The summed E-state index contributed by atoms with van der Waals surface area (Å²) in [6.45, 7) is 2.53. The average molecular weight is 273 g/mol. The lowest BCUT2D eigenvalue weighted by Crippen LogP contribution is -1.97. The molecule has 0 spiro atoms. The van der Waals surface area contributed by atoms with E-state index in [1.54, 1.807) is 0 Å². The van der Waals surface area contributed by atoms with Crippen LogP contribution in [0.2, 0.25) is 0 Å². The van der Waals surface area contributed by atoms with Crippen molar-refractivity contribution in [2.75, 3.05) is 13.4 Å². The van der Waals surface area contributed by atoms with Crippen LogP contribution in [0.4, 0.5) is 0 Å². The van der Waals surface area contributed by atoms with Crippen molar-refractivity contribution in [2.45, 2.75) is 19.8 Å². The van der Waals surface area contributed by atoms with Gasteiger partial charge in [-0.2, -0.15) is 0 Å². The SMILES string of the molecule is Cc1c(Br)cc2c(c1CCCO)OCO2. The first-order chi connectivity index (χ1) is 7.24. The van der Waals surface area contributed by atoms with Crippen molar-refractivity contribution in [3.8, 4) is 11.5 Å². The van der Waals surface area contributed by atoms with E-state index < -0.39 is 0 Å². The first-order valence-electron chi connectivity index (χ1n) is 4.92. The fraction of sp³-hybridized carbons (Fsp3) is 0.455. The van der Waals surface area contributed by atoms with Crippen molar-refractivity contribution in [1.29, 1.82) is 0 Å². The van der Waals surface area contributed by atoms with Crippen molar-refractivity contribution in [3.05, 3.63) is 21.7 Å². The maximum Gasteiger partial charge on any atom is 0.231 e. The van der Waals surface area contributed by atoms with Crippen LogP contribution in [0.15, 0.2) is 10.5 Å². The van der Waals surface area contributed by atoms with Gasteiger partial charge in [0.05, 0.1) is 0 Å². The lowest BCUT2D eigenvalue weighted by Gasteiger charge is -2.10. The number of ether oxygens (including phenoxy) is 2. The van der Waals surface area contributed by atoms with Crippen molar-refractivity contribution < 1.29 is 14.6 Å². The van der Waals surface area contributed by atoms with Crippen LogP contribution >= 0.6 is 15.9 Å². The van der Waals surface area contributed by atoms with Crippen molar-refractivity contribution in [3.63, 3.8) is 0 Å². The van der Waals surface area contributed by atoms with Gasteiger partial charge in [0, 0.05) is 16.6 Å². The molecule has 0 aromatic heterocycles. The summed E-state index contributed by atoms with van der Waals surface area (Å²) < 4.78 is 11.8. The minimum absolute atomic E-state index is 0.196. The van der Waals surface area contributed by atoms with Gasteiger partial charge in [-0.3, -0.25) is 0 Å². The zero-order valence-electron chi connectivity index (χ0n) is 8.55. The highest BCUT2D eigenvalue weighted by atomic mass is 79.9. The molecule has 0 unspecified atom stereocenters. The normalized spacial score (nSPS) is 13.3. The Bertz CT molecular complexity index is 377. The Hall–Kier alpha value is -0.740. The van der Waals surface area contributed by atoms with Gasteiger partial charge < -0.3 is 14.6 Å². The Morgan fingerprint density at radius 2 is 2.27 bits per heavy atom. The first kappa shape index (κ1) is 10.8. The van der Waals surface area contributed by atoms with Gasteiger partial charge in [-0.1, -0.05) is 15.9 Å². The molecular formula is C11H13BrO3. The number of halogens is 1. The second-order valence-corrected chi connectivity index (χ2v) is 4.38. The molecule has 1 aliphatic rings. The van der Waals surface area contributed by atoms with Gasteiger partial charge >= 0.3 is 0 Å². The molecule has 0 saturated carbocycles. The number of benzene rings is 1. The van der Waals surface area contributed by atoms with Crippen molar-refractivity contribution in [1.82, 2.24) is 0 Å². The third-order valence-electron chi connectivity index (χ3n) is 2.57.